The fourth-order valence-electron chi connectivity index (χ4n) is 5.00. The summed E-state index contributed by atoms with van der Waals surface area (Å²) in [5.41, 5.74) is 5.66. The molecule has 0 heterocycles. The number of hydrogen-bond donors (Lipinski definition) is 1. The number of rotatable bonds is 19. The monoisotopic (exact) mass is 650 g/mol. The molecule has 0 aliphatic carbocycles. The smallest absolute Gasteiger partial charge is 0.114 e. The zero-order valence-electron chi connectivity index (χ0n) is 26.0. The van der Waals surface area contributed by atoms with Gasteiger partial charge in [0.05, 0.1) is 31.0 Å². The molecule has 5 aromatic rings. The quantitative estimate of drug-likeness (QED) is 0.0901. The summed E-state index contributed by atoms with van der Waals surface area (Å²) in [5, 5.41) is 11.8. The molecule has 0 radical (unpaired) electrons. The van der Waals surface area contributed by atoms with E-state index in [-0.39, 0.29) is 11.2 Å². The van der Waals surface area contributed by atoms with Crippen LogP contribution < -0.4 is 0 Å². The van der Waals surface area contributed by atoms with E-state index in [1.807, 2.05) is 115 Å². The van der Waals surface area contributed by atoms with Gasteiger partial charge in [0.2, 0.25) is 0 Å². The Labute approximate surface area is 282 Å². The van der Waals surface area contributed by atoms with E-state index in [0.29, 0.717) is 19.8 Å². The highest BCUT2D eigenvalue weighted by atomic mass is 32.2. The summed E-state index contributed by atoms with van der Waals surface area (Å²) in [7, 11) is 0. The van der Waals surface area contributed by atoms with Gasteiger partial charge in [0.15, 0.2) is 0 Å². The lowest BCUT2D eigenvalue weighted by Gasteiger charge is -2.36. The van der Waals surface area contributed by atoms with Crippen LogP contribution in [0.3, 0.4) is 0 Å². The summed E-state index contributed by atoms with van der Waals surface area (Å²) in [6.45, 7) is 1.29. The lowest BCUT2D eigenvalue weighted by atomic mass is 10.1. The van der Waals surface area contributed by atoms with E-state index in [9.17, 15) is 5.11 Å². The van der Waals surface area contributed by atoms with Gasteiger partial charge in [0.1, 0.15) is 18.3 Å². The number of aliphatic hydroxyl groups excluding tert-OH is 1. The van der Waals surface area contributed by atoms with Gasteiger partial charge < -0.3 is 19.3 Å². The molecule has 0 amide bonds. The third-order valence-corrected chi connectivity index (χ3v) is 10.5. The number of aliphatic hydroxyl groups is 1. The Hall–Kier alpha value is -3.36. The molecule has 3 unspecified atom stereocenters. The molecule has 0 aromatic heterocycles. The summed E-state index contributed by atoms with van der Waals surface area (Å²) < 4.78 is 19.5. The van der Waals surface area contributed by atoms with Gasteiger partial charge in [-0.3, -0.25) is 0 Å². The molecule has 4 nitrogen and oxygen atoms in total. The maximum atomic E-state index is 11.8. The number of ether oxygens (including phenoxy) is 3. The highest BCUT2D eigenvalue weighted by Gasteiger charge is 2.37. The van der Waals surface area contributed by atoms with Crippen molar-refractivity contribution in [3.8, 4) is 0 Å². The maximum Gasteiger partial charge on any atom is 0.114 e. The van der Waals surface area contributed by atoms with Crippen LogP contribution in [0.5, 0.6) is 0 Å². The van der Waals surface area contributed by atoms with E-state index < -0.39 is 18.3 Å². The fourth-order valence-corrected chi connectivity index (χ4v) is 7.73. The fraction of sp³-hybridized carbons (Fsp3) is 0.250. The minimum Gasteiger partial charge on any atom is -0.388 e. The molecule has 3 atom stereocenters. The Morgan fingerprint density at radius 2 is 0.783 bits per heavy atom. The molecule has 238 valence electrons. The predicted molar refractivity (Wildman–Crippen MR) is 191 cm³/mol. The van der Waals surface area contributed by atoms with Crippen molar-refractivity contribution in [3.63, 3.8) is 0 Å². The van der Waals surface area contributed by atoms with Gasteiger partial charge in [-0.05, 0) is 27.8 Å². The molecular formula is C40H42O4S2. The molecule has 0 saturated heterocycles. The van der Waals surface area contributed by atoms with Gasteiger partial charge >= 0.3 is 0 Å². The first-order valence-electron chi connectivity index (χ1n) is 15.7. The van der Waals surface area contributed by atoms with Crippen LogP contribution in [0.2, 0.25) is 0 Å². The van der Waals surface area contributed by atoms with Crippen molar-refractivity contribution in [2.45, 2.75) is 54.2 Å². The Balaban J connectivity index is 1.42. The normalized spacial score (nSPS) is 13.3. The molecule has 0 spiro atoms. The molecule has 0 saturated carbocycles. The van der Waals surface area contributed by atoms with Crippen molar-refractivity contribution < 1.29 is 19.3 Å². The average Bonchev–Trinajstić information content (AvgIpc) is 3.12. The molecule has 5 aromatic carbocycles. The van der Waals surface area contributed by atoms with Crippen molar-refractivity contribution in [1.29, 1.82) is 0 Å². The van der Waals surface area contributed by atoms with Gasteiger partial charge in [-0.2, -0.15) is 0 Å². The van der Waals surface area contributed by atoms with Crippen LogP contribution >= 0.6 is 23.5 Å². The molecule has 0 aliphatic rings. The minimum absolute atomic E-state index is 0.0475. The van der Waals surface area contributed by atoms with Crippen LogP contribution in [-0.2, 0) is 45.5 Å². The van der Waals surface area contributed by atoms with Crippen molar-refractivity contribution >= 4 is 23.5 Å². The largest absolute Gasteiger partial charge is 0.388 e. The first-order valence-corrected chi connectivity index (χ1v) is 17.8. The Morgan fingerprint density at radius 1 is 0.435 bits per heavy atom. The topological polar surface area (TPSA) is 47.9 Å². The number of thioether (sulfide) groups is 2. The maximum absolute atomic E-state index is 11.8. The van der Waals surface area contributed by atoms with Crippen molar-refractivity contribution in [1.82, 2.24) is 0 Å². The van der Waals surface area contributed by atoms with Gasteiger partial charge in [-0.1, -0.05) is 152 Å². The third kappa shape index (κ3) is 11.5. The number of hydrogen-bond acceptors (Lipinski definition) is 6. The molecule has 6 heteroatoms. The van der Waals surface area contributed by atoms with E-state index >= 15 is 0 Å². The van der Waals surface area contributed by atoms with Gasteiger partial charge in [-0.25, -0.2) is 0 Å². The van der Waals surface area contributed by atoms with Gasteiger partial charge in [0.25, 0.3) is 0 Å². The van der Waals surface area contributed by atoms with Crippen LogP contribution in [0, 0.1) is 0 Å². The summed E-state index contributed by atoms with van der Waals surface area (Å²) in [6.07, 6.45) is -2.00. The Kier molecular flexibility index (Phi) is 14.3. The molecule has 46 heavy (non-hydrogen) atoms. The SMILES string of the molecule is OC(COCc1ccccc1)C(OCc1ccccc1)C(OCc1ccccc1)C(SCc1ccccc1)SCc1ccccc1. The second kappa shape index (κ2) is 19.3. The summed E-state index contributed by atoms with van der Waals surface area (Å²) >= 11 is 3.66. The lowest BCUT2D eigenvalue weighted by molar-refractivity contribution is -0.142. The van der Waals surface area contributed by atoms with E-state index in [4.69, 9.17) is 14.2 Å². The van der Waals surface area contributed by atoms with E-state index in [0.717, 1.165) is 28.2 Å². The molecule has 0 fully saturated rings. The number of benzene rings is 5. The molecule has 0 aliphatic heterocycles. The zero-order valence-corrected chi connectivity index (χ0v) is 27.6. The van der Waals surface area contributed by atoms with E-state index in [1.165, 1.54) is 11.1 Å². The van der Waals surface area contributed by atoms with Gasteiger partial charge in [0, 0.05) is 11.5 Å². The summed E-state index contributed by atoms with van der Waals surface area (Å²) in [6, 6.07) is 51.3. The Morgan fingerprint density at radius 3 is 1.20 bits per heavy atom. The van der Waals surface area contributed by atoms with Crippen molar-refractivity contribution in [3.05, 3.63) is 179 Å². The van der Waals surface area contributed by atoms with Crippen molar-refractivity contribution in [2.75, 3.05) is 6.61 Å². The second-order valence-corrected chi connectivity index (χ2v) is 13.6. The Bertz CT molecular complexity index is 1450. The first kappa shape index (κ1) is 34.0. The first-order chi connectivity index (χ1) is 22.7. The predicted octanol–water partition coefficient (Wildman–Crippen LogP) is 8.93. The standard InChI is InChI=1S/C40H42O4S2/c41-37(29-42-26-32-16-6-1-7-17-32)38(43-27-33-18-8-2-9-19-33)39(44-28-34-20-10-3-11-21-34)40(45-30-35-22-12-4-13-23-35)46-31-36-24-14-5-15-25-36/h1-25,37-41H,26-31H2. The minimum atomic E-state index is -0.912. The summed E-state index contributed by atoms with van der Waals surface area (Å²) in [4.78, 5) is 0. The van der Waals surface area contributed by atoms with Crippen molar-refractivity contribution in [2.24, 2.45) is 0 Å². The van der Waals surface area contributed by atoms with Crippen LogP contribution in [-0.4, -0.2) is 34.6 Å². The molecule has 5 rings (SSSR count). The lowest BCUT2D eigenvalue weighted by Crippen LogP contribution is -2.47. The van der Waals surface area contributed by atoms with Crippen LogP contribution in [0.4, 0.5) is 0 Å². The zero-order chi connectivity index (χ0) is 31.7. The highest BCUT2D eigenvalue weighted by molar-refractivity contribution is 8.16. The average molecular weight is 651 g/mol. The van der Waals surface area contributed by atoms with Crippen LogP contribution in [0.1, 0.15) is 27.8 Å². The van der Waals surface area contributed by atoms with E-state index in [2.05, 4.69) is 60.7 Å². The highest BCUT2D eigenvalue weighted by Crippen LogP contribution is 2.37. The molecule has 0 bridgehead atoms. The van der Waals surface area contributed by atoms with Gasteiger partial charge in [-0.15, -0.1) is 23.5 Å². The summed E-state index contributed by atoms with van der Waals surface area (Å²) in [5.74, 6) is 1.62. The third-order valence-electron chi connectivity index (χ3n) is 7.46. The molecular weight excluding hydrogens is 609 g/mol. The molecule has 1 N–H and O–H groups in total. The van der Waals surface area contributed by atoms with Crippen LogP contribution in [0.25, 0.3) is 0 Å². The van der Waals surface area contributed by atoms with Crippen LogP contribution in [0.15, 0.2) is 152 Å². The van der Waals surface area contributed by atoms with E-state index in [1.54, 1.807) is 0 Å². The second-order valence-electron chi connectivity index (χ2n) is 11.1.